The van der Waals surface area contributed by atoms with Crippen molar-refractivity contribution in [3.63, 3.8) is 0 Å². The molecule has 15 atom stereocenters. The SMILES string of the molecule is C/C1=C2N=C(/C=C3N=C(/C(C)=C4\[N-][C@@](C)([C@@H]5N=C1[C@](C)(CCC(=O)NCC(C)OP(=O)([O-])O[C@H]1[C@@H](O)[C@@H](n6cnc7cc(C)c(C)cc76)O[C@@H]1CO)[C@H]5CC(N)=O)[C@@](C)(CC(N)=O)[C@@H]4CCC(N)=O)[C@@](C)(CC(N)=O)[C@@H]\3CCC(N)=O)C(C)(C)[C@@H]/2CCC(N)=O.C1CN1.[C-]#N.[Co+3]. The summed E-state index contributed by atoms with van der Waals surface area (Å²) in [5, 5.41) is 39.4. The van der Waals surface area contributed by atoms with Crippen molar-refractivity contribution in [2.24, 2.45) is 94.7 Å². The molecule has 7 amide bonds. The second kappa shape index (κ2) is 30.4. The molecule has 2 unspecified atom stereocenters. The monoisotopic (exact) mass is 1400 g/mol. The smallest absolute Gasteiger partial charge is 0.756 e. The van der Waals surface area contributed by atoms with Crippen molar-refractivity contribution in [2.75, 3.05) is 26.2 Å². The van der Waals surface area contributed by atoms with Crippen molar-refractivity contribution in [1.29, 1.82) is 5.26 Å². The molecule has 8 bridgehead atoms. The molecule has 1 aromatic heterocycles. The van der Waals surface area contributed by atoms with Gasteiger partial charge in [0, 0.05) is 127 Å². The van der Waals surface area contributed by atoms with Crippen LogP contribution in [-0.2, 0) is 68.7 Å². The first-order chi connectivity index (χ1) is 44.3. The molecule has 3 saturated heterocycles. The Hall–Kier alpha value is -7.04. The van der Waals surface area contributed by atoms with Crippen LogP contribution in [-0.4, -0.2) is 140 Å². The first-order valence-electron chi connectivity index (χ1n) is 31.9. The average molecular weight is 1400 g/mol. The van der Waals surface area contributed by atoms with Crippen molar-refractivity contribution in [3.05, 3.63) is 75.8 Å². The number of benzene rings is 1. The first-order valence-corrected chi connectivity index (χ1v) is 33.4. The minimum absolute atomic E-state index is 0. The molecule has 3 fully saturated rings. The van der Waals surface area contributed by atoms with Crippen LogP contribution in [0.1, 0.15) is 150 Å². The van der Waals surface area contributed by atoms with Crippen molar-refractivity contribution in [2.45, 2.75) is 189 Å². The van der Waals surface area contributed by atoms with E-state index in [-0.39, 0.29) is 94.0 Å². The molecule has 16 N–H and O–H groups in total. The second-order valence-corrected chi connectivity index (χ2v) is 29.1. The van der Waals surface area contributed by atoms with Gasteiger partial charge in [0.2, 0.25) is 41.4 Å². The molecule has 7 aliphatic rings. The number of primary amides is 6. The van der Waals surface area contributed by atoms with Gasteiger partial charge >= 0.3 is 16.8 Å². The van der Waals surface area contributed by atoms with Gasteiger partial charge in [-0.3, -0.25) is 53.1 Å². The van der Waals surface area contributed by atoms with Crippen LogP contribution in [0.5, 0.6) is 0 Å². The number of nitrogens with one attached hydrogen (secondary N) is 2. The van der Waals surface area contributed by atoms with Crippen LogP contribution >= 0.6 is 7.82 Å². The topological polar surface area (TPSA) is 511 Å². The molecule has 0 aliphatic carbocycles. The quantitative estimate of drug-likeness (QED) is 0.0368. The molecule has 2 aromatic rings. The number of allylic oxidation sites excluding steroid dienone is 6. The van der Waals surface area contributed by atoms with Gasteiger partial charge in [-0.25, -0.2) is 4.98 Å². The van der Waals surface area contributed by atoms with Crippen LogP contribution in [0.15, 0.2) is 67.8 Å². The maximum Gasteiger partial charge on any atom is 3.00 e. The molecule has 9 rings (SSSR count). The average Bonchev–Trinajstić information content (AvgIpc) is 1.53. The van der Waals surface area contributed by atoms with Gasteiger partial charge in [-0.2, -0.15) is 5.70 Å². The molecular formula is C65H93CoN15O14P. The number of hydrogen-bond donors (Lipinski definition) is 10. The molecule has 0 spiro atoms. The van der Waals surface area contributed by atoms with Gasteiger partial charge in [0.15, 0.2) is 6.23 Å². The Morgan fingerprint density at radius 1 is 0.823 bits per heavy atom. The number of carbonyl (C=O) groups is 7. The summed E-state index contributed by atoms with van der Waals surface area (Å²) in [7, 11) is -5.32. The van der Waals surface area contributed by atoms with Crippen molar-refractivity contribution in [3.8, 4) is 0 Å². The molecule has 0 radical (unpaired) electrons. The van der Waals surface area contributed by atoms with Crippen LogP contribution < -0.4 is 49.9 Å². The fourth-order valence-electron chi connectivity index (χ4n) is 15.3. The zero-order chi connectivity index (χ0) is 70.8. The summed E-state index contributed by atoms with van der Waals surface area (Å²) in [6.45, 7) is 26.2. The third-order valence-corrected chi connectivity index (χ3v) is 21.9. The van der Waals surface area contributed by atoms with Gasteiger partial charge in [0.1, 0.15) is 18.3 Å². The Balaban J connectivity index is 0.00000234. The third kappa shape index (κ3) is 15.9. The number of aromatic nitrogens is 2. The molecule has 96 heavy (non-hydrogen) atoms. The standard InChI is InChI=1S/C62H90N13O14P.C2H5N.CN.Co/c1-29-20-39-40(21-30(29)2)75(28-70-39)57-52(84)53(41(27-76)87-57)89-90(85,86)88-31(3)26-69-49(83)18-19-59(8)37(22-46(66)80)56-62(11)61(10,25-48(68)82)36(14-17-45(65)79)51(74-62)33(5)55-60(9,24-47(67)81)34(12-15-43(63)77)38(71-55)23-42-58(6,7)35(13-16-44(64)78)50(72-42)32(4)54(59)73-56;1-2-3-1;1-2;/h20-21,23,28,31,34-37,41,52-53,56-57,76,84H,12-19,22,24-27H2,1-11H3,(H15,63,64,65,66,67,68,69,71,72,73,74,77,78,79,80,81,82,83,85,86);3H,1-2H2;;/q;;-1;+3/p-2/t31?,34-,35-,36-,37+,41-,52-,53-,56-,57+,59-,60+,61+,62+;;;/m1.../s1. The molecule has 7 aliphatic heterocycles. The minimum atomic E-state index is -5.32. The maximum atomic E-state index is 14.4. The maximum absolute atomic E-state index is 14.4. The number of phosphoric acid groups is 1. The summed E-state index contributed by atoms with van der Waals surface area (Å²) < 4.78 is 31.9. The summed E-state index contributed by atoms with van der Waals surface area (Å²) in [4.78, 5) is 128. The van der Waals surface area contributed by atoms with E-state index in [1.165, 1.54) is 30.9 Å². The zero-order valence-corrected chi connectivity index (χ0v) is 58.3. The second-order valence-electron chi connectivity index (χ2n) is 27.7. The molecule has 29 nitrogen and oxygen atoms in total. The predicted molar refractivity (Wildman–Crippen MR) is 349 cm³/mol. The Bertz CT molecular complexity index is 3650. The van der Waals surface area contributed by atoms with E-state index in [4.69, 9.17) is 80.3 Å². The van der Waals surface area contributed by atoms with E-state index in [1.807, 2.05) is 80.5 Å². The normalized spacial score (nSPS) is 32.9. The number of aliphatic hydroxyl groups excluding tert-OH is 2. The van der Waals surface area contributed by atoms with Gasteiger partial charge in [-0.1, -0.05) is 47.1 Å². The summed E-state index contributed by atoms with van der Waals surface area (Å²) in [6, 6.07) is 2.65. The van der Waals surface area contributed by atoms with Crippen LogP contribution in [0.2, 0.25) is 0 Å². The number of carbonyl (C=O) groups excluding carboxylic acids is 7. The number of aliphatic hydroxyl groups is 2. The number of imidazole rings is 1. The Morgan fingerprint density at radius 2 is 1.40 bits per heavy atom. The molecule has 8 heterocycles. The van der Waals surface area contributed by atoms with Gasteiger partial charge in [-0.15, -0.1) is 0 Å². The van der Waals surface area contributed by atoms with E-state index >= 15 is 0 Å². The molecule has 1 aromatic carbocycles. The fraction of sp³-hybridized carbons (Fsp3) is 0.631. The van der Waals surface area contributed by atoms with Crippen LogP contribution in [0.3, 0.4) is 0 Å². The Kier molecular flexibility index (Phi) is 24.7. The van der Waals surface area contributed by atoms with E-state index in [0.717, 1.165) is 11.1 Å². The summed E-state index contributed by atoms with van der Waals surface area (Å²) >= 11 is 0. The van der Waals surface area contributed by atoms with Crippen LogP contribution in [0.4, 0.5) is 0 Å². The number of rotatable bonds is 26. The number of hydrogen-bond acceptors (Lipinski definition) is 20. The molecule has 526 valence electrons. The predicted octanol–water partition coefficient (Wildman–Crippen LogP) is 3.00. The van der Waals surface area contributed by atoms with E-state index in [2.05, 4.69) is 15.6 Å². The summed E-state index contributed by atoms with van der Waals surface area (Å²) in [5.41, 5.74) is 36.7. The van der Waals surface area contributed by atoms with Crippen molar-refractivity contribution >= 4 is 77.3 Å². The van der Waals surface area contributed by atoms with E-state index in [1.54, 1.807) is 6.92 Å². The van der Waals surface area contributed by atoms with Crippen molar-refractivity contribution < 1.29 is 83.8 Å². The Morgan fingerprint density at radius 3 is 1.95 bits per heavy atom. The van der Waals surface area contributed by atoms with Gasteiger partial charge in [0.25, 0.3) is 7.82 Å². The van der Waals surface area contributed by atoms with Gasteiger partial charge in [-0.05, 0) is 118 Å². The number of nitrogens with zero attached hydrogens (tertiary/aromatic N) is 7. The van der Waals surface area contributed by atoms with Crippen LogP contribution in [0, 0.1) is 71.0 Å². The van der Waals surface area contributed by atoms with Crippen LogP contribution in [0.25, 0.3) is 16.4 Å². The number of phosphoric ester groups is 1. The van der Waals surface area contributed by atoms with Gasteiger partial charge < -0.3 is 95.6 Å². The number of fused-ring (bicyclic) bond motifs is 7. The number of amides is 7. The summed E-state index contributed by atoms with van der Waals surface area (Å²) in [6.07, 6.45) is -4.79. The number of aryl methyl sites for hydroxylation is 2. The number of ether oxygens (including phenoxy) is 1. The number of aliphatic imine (C=N–C) groups is 3. The van der Waals surface area contributed by atoms with E-state index in [9.17, 15) is 53.2 Å². The van der Waals surface area contributed by atoms with Crippen molar-refractivity contribution in [1.82, 2.24) is 20.2 Å². The molecular weight excluding hydrogens is 1300 g/mol. The Labute approximate surface area is 569 Å². The molecule has 0 saturated carbocycles. The largest absolute Gasteiger partial charge is 3.00 e. The number of nitrogens with two attached hydrogens (primary N) is 6. The third-order valence-electron chi connectivity index (χ3n) is 20.7. The first kappa shape index (κ1) is 78.0. The van der Waals surface area contributed by atoms with E-state index < -0.39 is 143 Å². The minimum Gasteiger partial charge on any atom is -0.756 e. The summed E-state index contributed by atoms with van der Waals surface area (Å²) in [5.74, 6) is -7.40. The molecule has 31 heteroatoms. The fourth-order valence-corrected chi connectivity index (χ4v) is 16.4. The van der Waals surface area contributed by atoms with Gasteiger partial charge in [0.05, 0.1) is 30.1 Å². The van der Waals surface area contributed by atoms with E-state index in [0.29, 0.717) is 56.4 Å². The zero-order valence-electron chi connectivity index (χ0n) is 56.4.